The van der Waals surface area contributed by atoms with Crippen molar-refractivity contribution >= 4 is 5.97 Å². The first-order valence-corrected chi connectivity index (χ1v) is 4.10. The van der Waals surface area contributed by atoms with E-state index in [9.17, 15) is 15.0 Å². The molecule has 0 aliphatic heterocycles. The fraction of sp³-hybridized carbons (Fsp3) is 0.875. The third kappa shape index (κ3) is 6.51. The van der Waals surface area contributed by atoms with Crippen molar-refractivity contribution in [1.29, 1.82) is 0 Å². The van der Waals surface area contributed by atoms with E-state index in [1.165, 1.54) is 0 Å². The molecule has 0 saturated heterocycles. The number of aliphatic hydroxyl groups excluding tert-OH is 1. The van der Waals surface area contributed by atoms with Gasteiger partial charge in [0.2, 0.25) is 0 Å². The molecule has 2 atom stereocenters. The number of nitrogens with two attached hydrogens (primary N) is 1. The molecule has 5 N–H and O–H groups in total. The van der Waals surface area contributed by atoms with Crippen molar-refractivity contribution in [3.05, 3.63) is 0 Å². The van der Waals surface area contributed by atoms with Crippen molar-refractivity contribution in [2.75, 3.05) is 0 Å². The lowest BCUT2D eigenvalue weighted by atomic mass is 9.95. The second kappa shape index (κ2) is 4.55. The fourth-order valence-corrected chi connectivity index (χ4v) is 1.04. The van der Waals surface area contributed by atoms with Crippen molar-refractivity contribution < 1.29 is 20.1 Å². The highest BCUT2D eigenvalue weighted by atomic mass is 16.4. The molecule has 78 valence electrons. The first kappa shape index (κ1) is 12.3. The quantitative estimate of drug-likeness (QED) is 0.460. The minimum atomic E-state index is -1.11. The lowest BCUT2D eigenvalue weighted by Crippen LogP contribution is -2.41. The van der Waals surface area contributed by atoms with Gasteiger partial charge in [-0.25, -0.2) is 0 Å². The van der Waals surface area contributed by atoms with E-state index < -0.39 is 30.1 Å². The Morgan fingerprint density at radius 2 is 2.00 bits per heavy atom. The predicted molar refractivity (Wildman–Crippen MR) is 47.1 cm³/mol. The van der Waals surface area contributed by atoms with Crippen molar-refractivity contribution in [1.82, 2.24) is 0 Å². The van der Waals surface area contributed by atoms with Gasteiger partial charge in [0.05, 0.1) is 18.1 Å². The van der Waals surface area contributed by atoms with Gasteiger partial charge in [0.25, 0.3) is 0 Å². The summed E-state index contributed by atoms with van der Waals surface area (Å²) in [7, 11) is 0. The third-order valence-electron chi connectivity index (χ3n) is 1.61. The largest absolute Gasteiger partial charge is 0.481 e. The Kier molecular flexibility index (Phi) is 4.32. The van der Waals surface area contributed by atoms with Crippen LogP contribution in [0.15, 0.2) is 0 Å². The van der Waals surface area contributed by atoms with E-state index in [1.807, 2.05) is 0 Å². The maximum atomic E-state index is 10.2. The van der Waals surface area contributed by atoms with E-state index in [1.54, 1.807) is 13.8 Å². The van der Waals surface area contributed by atoms with Gasteiger partial charge in [-0.15, -0.1) is 0 Å². The number of aliphatic hydroxyl groups is 2. The van der Waals surface area contributed by atoms with Gasteiger partial charge in [-0.2, -0.15) is 0 Å². The zero-order chi connectivity index (χ0) is 10.6. The van der Waals surface area contributed by atoms with Crippen molar-refractivity contribution in [3.63, 3.8) is 0 Å². The van der Waals surface area contributed by atoms with Crippen LogP contribution in [0.3, 0.4) is 0 Å². The molecule has 0 bridgehead atoms. The number of hydrogen-bond donors (Lipinski definition) is 4. The second-order valence-corrected chi connectivity index (χ2v) is 3.85. The minimum Gasteiger partial charge on any atom is -0.481 e. The fourth-order valence-electron chi connectivity index (χ4n) is 1.04. The molecule has 0 saturated carbocycles. The van der Waals surface area contributed by atoms with Gasteiger partial charge in [-0.3, -0.25) is 4.79 Å². The summed E-state index contributed by atoms with van der Waals surface area (Å²) in [5.74, 6) is -1.10. The van der Waals surface area contributed by atoms with Crippen LogP contribution >= 0.6 is 0 Å². The maximum absolute atomic E-state index is 10.2. The summed E-state index contributed by atoms with van der Waals surface area (Å²) in [6.45, 7) is 3.11. The Balaban J connectivity index is 3.96. The number of carbonyl (C=O) groups is 1. The Morgan fingerprint density at radius 1 is 1.54 bits per heavy atom. The zero-order valence-electron chi connectivity index (χ0n) is 7.90. The molecule has 13 heavy (non-hydrogen) atoms. The smallest absolute Gasteiger partial charge is 0.306 e. The minimum absolute atomic E-state index is 0.168. The van der Waals surface area contributed by atoms with E-state index in [0.717, 1.165) is 0 Å². The molecule has 0 aliphatic carbocycles. The molecule has 0 radical (unpaired) electrons. The lowest BCUT2D eigenvalue weighted by molar-refractivity contribution is -0.139. The molecule has 0 fully saturated rings. The summed E-state index contributed by atoms with van der Waals surface area (Å²) in [6.07, 6.45) is -1.33. The maximum Gasteiger partial charge on any atom is 0.306 e. The van der Waals surface area contributed by atoms with Crippen LogP contribution in [0.25, 0.3) is 0 Å². The summed E-state index contributed by atoms with van der Waals surface area (Å²) >= 11 is 0. The van der Waals surface area contributed by atoms with Gasteiger partial charge in [-0.05, 0) is 20.3 Å². The topological polar surface area (TPSA) is 104 Å². The second-order valence-electron chi connectivity index (χ2n) is 3.85. The Labute approximate surface area is 77.2 Å². The van der Waals surface area contributed by atoms with Crippen LogP contribution in [-0.2, 0) is 4.79 Å². The van der Waals surface area contributed by atoms with Crippen LogP contribution in [0.2, 0.25) is 0 Å². The standard InChI is InChI=1S/C8H17NO4/c1-8(2,13)4-5(9)6(10)3-7(11)12/h5-6,10,13H,3-4,9H2,1-2H3,(H,11,12). The van der Waals surface area contributed by atoms with Crippen LogP contribution in [0.1, 0.15) is 26.7 Å². The Hall–Kier alpha value is -0.650. The van der Waals surface area contributed by atoms with Crippen LogP contribution in [0.4, 0.5) is 0 Å². The van der Waals surface area contributed by atoms with Crippen LogP contribution in [-0.4, -0.2) is 39.0 Å². The Bertz CT molecular complexity index is 175. The average Bonchev–Trinajstić information content (AvgIpc) is 1.81. The van der Waals surface area contributed by atoms with Crippen LogP contribution in [0.5, 0.6) is 0 Å². The van der Waals surface area contributed by atoms with Crippen LogP contribution < -0.4 is 5.73 Å². The summed E-state index contributed by atoms with van der Waals surface area (Å²) in [6, 6.07) is -0.712. The summed E-state index contributed by atoms with van der Waals surface area (Å²) in [4.78, 5) is 10.2. The molecule has 5 nitrogen and oxygen atoms in total. The van der Waals surface area contributed by atoms with Gasteiger partial charge in [0.1, 0.15) is 0 Å². The van der Waals surface area contributed by atoms with E-state index in [4.69, 9.17) is 10.8 Å². The average molecular weight is 191 g/mol. The first-order valence-electron chi connectivity index (χ1n) is 4.10. The predicted octanol–water partition coefficient (Wildman–Crippen LogP) is -0.690. The van der Waals surface area contributed by atoms with E-state index >= 15 is 0 Å². The molecule has 0 rings (SSSR count). The molecule has 0 aromatic heterocycles. The van der Waals surface area contributed by atoms with Crippen LogP contribution in [0, 0.1) is 0 Å². The van der Waals surface area contributed by atoms with E-state index in [2.05, 4.69) is 0 Å². The molecule has 0 amide bonds. The number of carboxylic acid groups (broad SMARTS) is 1. The van der Waals surface area contributed by atoms with Gasteiger partial charge < -0.3 is 21.1 Å². The summed E-state index contributed by atoms with van der Waals surface area (Å²) in [5, 5.41) is 26.9. The lowest BCUT2D eigenvalue weighted by Gasteiger charge is -2.24. The number of aliphatic carboxylic acids is 1. The molecule has 0 spiro atoms. The summed E-state index contributed by atoms with van der Waals surface area (Å²) in [5.41, 5.74) is 4.49. The number of hydrogen-bond acceptors (Lipinski definition) is 4. The molecule has 0 aliphatic rings. The molecule has 0 aromatic rings. The first-order chi connectivity index (χ1) is 5.72. The van der Waals surface area contributed by atoms with E-state index in [0.29, 0.717) is 0 Å². The van der Waals surface area contributed by atoms with Gasteiger partial charge in [0.15, 0.2) is 0 Å². The van der Waals surface area contributed by atoms with E-state index in [-0.39, 0.29) is 6.42 Å². The number of carboxylic acids is 1. The highest BCUT2D eigenvalue weighted by Crippen LogP contribution is 2.12. The zero-order valence-corrected chi connectivity index (χ0v) is 7.90. The highest BCUT2D eigenvalue weighted by molar-refractivity contribution is 5.67. The van der Waals surface area contributed by atoms with Gasteiger partial charge in [-0.1, -0.05) is 0 Å². The highest BCUT2D eigenvalue weighted by Gasteiger charge is 2.24. The van der Waals surface area contributed by atoms with Crippen molar-refractivity contribution in [3.8, 4) is 0 Å². The molecule has 0 heterocycles. The molecule has 0 aromatic carbocycles. The molecule has 2 unspecified atom stereocenters. The van der Waals surface area contributed by atoms with Gasteiger partial charge in [0, 0.05) is 6.04 Å². The monoisotopic (exact) mass is 191 g/mol. The van der Waals surface area contributed by atoms with Crippen molar-refractivity contribution in [2.24, 2.45) is 5.73 Å². The van der Waals surface area contributed by atoms with Crippen molar-refractivity contribution in [2.45, 2.75) is 44.4 Å². The Morgan fingerprint density at radius 3 is 2.31 bits per heavy atom. The third-order valence-corrected chi connectivity index (χ3v) is 1.61. The number of rotatable bonds is 5. The van der Waals surface area contributed by atoms with Gasteiger partial charge >= 0.3 is 5.97 Å². The normalized spacial score (nSPS) is 16.7. The molecule has 5 heteroatoms. The summed E-state index contributed by atoms with van der Waals surface area (Å²) < 4.78 is 0. The molecular formula is C8H17NO4. The SMILES string of the molecule is CC(C)(O)CC(N)C(O)CC(=O)O. The molecular weight excluding hydrogens is 174 g/mol.